The van der Waals surface area contributed by atoms with Gasteiger partial charge in [-0.25, -0.2) is 0 Å². The van der Waals surface area contributed by atoms with Gasteiger partial charge in [0.05, 0.1) is 4.47 Å². The molecule has 0 amide bonds. The van der Waals surface area contributed by atoms with Crippen molar-refractivity contribution in [2.24, 2.45) is 5.92 Å². The van der Waals surface area contributed by atoms with Crippen LogP contribution in [-0.2, 0) is 25.7 Å². The van der Waals surface area contributed by atoms with Crippen molar-refractivity contribution in [3.05, 3.63) is 98.1 Å². The number of cyclic esters (lactones) is 2. The third-order valence-corrected chi connectivity index (χ3v) is 7.41. The number of halogens is 3. The lowest BCUT2D eigenvalue weighted by molar-refractivity contribution is -0.240. The summed E-state index contributed by atoms with van der Waals surface area (Å²) in [7, 11) is 0. The fourth-order valence-corrected chi connectivity index (χ4v) is 5.50. The van der Waals surface area contributed by atoms with Crippen LogP contribution in [-0.4, -0.2) is 22.7 Å². The molecule has 0 bridgehead atoms. The molecule has 1 atom stereocenters. The summed E-state index contributed by atoms with van der Waals surface area (Å²) in [5, 5.41) is 1.95. The number of ether oxygens (including phenoxy) is 3. The highest BCUT2D eigenvalue weighted by molar-refractivity contribution is 9.10. The predicted octanol–water partition coefficient (Wildman–Crippen LogP) is 7.40. The number of esters is 2. The fraction of sp³-hybridized carbons (Fsp3) is 0.214. The molecule has 0 spiro atoms. The van der Waals surface area contributed by atoms with Crippen molar-refractivity contribution < 1.29 is 23.8 Å². The Hall–Kier alpha value is -3.00. The third-order valence-electron chi connectivity index (χ3n) is 6.20. The second kappa shape index (κ2) is 10.0. The van der Waals surface area contributed by atoms with E-state index >= 15 is 0 Å². The molecule has 0 saturated carbocycles. The van der Waals surface area contributed by atoms with Crippen LogP contribution in [0.25, 0.3) is 10.9 Å². The molecule has 1 aliphatic heterocycles. The van der Waals surface area contributed by atoms with Gasteiger partial charge in [0, 0.05) is 52.5 Å². The van der Waals surface area contributed by atoms with Crippen molar-refractivity contribution in [3.63, 3.8) is 0 Å². The highest BCUT2D eigenvalue weighted by Crippen LogP contribution is 2.42. The molecule has 5 rings (SSSR count). The summed E-state index contributed by atoms with van der Waals surface area (Å²) in [6, 6.07) is 18.4. The first-order valence-corrected chi connectivity index (χ1v) is 13.1. The van der Waals surface area contributed by atoms with Gasteiger partial charge in [0.15, 0.2) is 5.92 Å². The number of carbonyl (C=O) groups is 2. The molecule has 1 aliphatic rings. The lowest BCUT2D eigenvalue weighted by Crippen LogP contribution is -2.48. The second-order valence-electron chi connectivity index (χ2n) is 9.20. The molecule has 4 aromatic rings. The Morgan fingerprint density at radius 2 is 1.76 bits per heavy atom. The van der Waals surface area contributed by atoms with Crippen LogP contribution >= 0.6 is 39.1 Å². The Labute approximate surface area is 231 Å². The average molecular weight is 603 g/mol. The van der Waals surface area contributed by atoms with Crippen LogP contribution in [0.15, 0.2) is 71.3 Å². The first-order chi connectivity index (χ1) is 17.6. The summed E-state index contributed by atoms with van der Waals surface area (Å²) >= 11 is 15.8. The van der Waals surface area contributed by atoms with E-state index in [1.165, 1.54) is 13.8 Å². The molecule has 0 unspecified atom stereocenters. The van der Waals surface area contributed by atoms with E-state index in [1.54, 1.807) is 18.2 Å². The normalized spacial score (nSPS) is 16.4. The molecule has 0 aliphatic carbocycles. The number of rotatable bonds is 6. The van der Waals surface area contributed by atoms with Gasteiger partial charge in [0.1, 0.15) is 12.4 Å². The Morgan fingerprint density at radius 3 is 2.46 bits per heavy atom. The van der Waals surface area contributed by atoms with Crippen LogP contribution in [0.1, 0.15) is 36.5 Å². The molecular formula is C28H22BrCl2NO5. The average Bonchev–Trinajstić information content (AvgIpc) is 3.25. The van der Waals surface area contributed by atoms with Crippen LogP contribution in [0.2, 0.25) is 10.0 Å². The maximum Gasteiger partial charge on any atom is 0.324 e. The maximum absolute atomic E-state index is 13.1. The van der Waals surface area contributed by atoms with Gasteiger partial charge in [-0.1, -0.05) is 53.5 Å². The van der Waals surface area contributed by atoms with Crippen LogP contribution in [0.3, 0.4) is 0 Å². The zero-order valence-corrected chi connectivity index (χ0v) is 23.0. The Morgan fingerprint density at radius 1 is 1.03 bits per heavy atom. The summed E-state index contributed by atoms with van der Waals surface area (Å²) in [5.74, 6) is -3.86. The first-order valence-electron chi connectivity index (χ1n) is 11.5. The summed E-state index contributed by atoms with van der Waals surface area (Å²) in [4.78, 5) is 29.5. The van der Waals surface area contributed by atoms with Gasteiger partial charge in [-0.05, 0) is 57.4 Å². The fourth-order valence-electron chi connectivity index (χ4n) is 4.53. The Balaban J connectivity index is 1.52. The summed E-state index contributed by atoms with van der Waals surface area (Å²) < 4.78 is 17.6. The third kappa shape index (κ3) is 5.21. The molecule has 9 heteroatoms. The quantitative estimate of drug-likeness (QED) is 0.184. The van der Waals surface area contributed by atoms with Gasteiger partial charge in [-0.2, -0.15) is 0 Å². The summed E-state index contributed by atoms with van der Waals surface area (Å²) in [6.45, 7) is 3.31. The minimum absolute atomic E-state index is 0.232. The number of aromatic nitrogens is 1. The van der Waals surface area contributed by atoms with E-state index in [2.05, 4.69) is 20.9 Å². The molecule has 6 nitrogen and oxygen atoms in total. The standard InChI is InChI=1S/C28H22BrCl2NO5/c1-28(2)36-26(33)25(27(34)37-28)24(19-13-32-22-6-4-3-5-18(19)22)15-8-10-23(20(29)11-15)35-14-16-7-9-17(30)12-21(16)31/h3-13,24-25,32H,14H2,1-2H3/t24-/m0/s1. The maximum atomic E-state index is 13.1. The Kier molecular flexibility index (Phi) is 6.96. The van der Waals surface area contributed by atoms with E-state index in [0.29, 0.717) is 25.8 Å². The lowest BCUT2D eigenvalue weighted by atomic mass is 9.80. The zero-order valence-electron chi connectivity index (χ0n) is 19.9. The lowest BCUT2D eigenvalue weighted by Gasteiger charge is -2.36. The number of hydrogen-bond donors (Lipinski definition) is 1. The number of para-hydroxylation sites is 1. The molecule has 1 aromatic heterocycles. The number of aromatic amines is 1. The molecule has 1 saturated heterocycles. The van der Waals surface area contributed by atoms with Crippen LogP contribution < -0.4 is 4.74 Å². The minimum atomic E-state index is -1.32. The van der Waals surface area contributed by atoms with Gasteiger partial charge in [-0.3, -0.25) is 9.59 Å². The van der Waals surface area contributed by atoms with E-state index in [0.717, 1.165) is 22.0 Å². The molecule has 1 fully saturated rings. The van der Waals surface area contributed by atoms with Crippen molar-refractivity contribution >= 4 is 62.0 Å². The van der Waals surface area contributed by atoms with Crippen molar-refractivity contribution in [3.8, 4) is 5.75 Å². The Bertz CT molecular complexity index is 1500. The van der Waals surface area contributed by atoms with E-state index < -0.39 is 29.6 Å². The van der Waals surface area contributed by atoms with Gasteiger partial charge in [-0.15, -0.1) is 0 Å². The van der Waals surface area contributed by atoms with Crippen LogP contribution in [0.4, 0.5) is 0 Å². The van der Waals surface area contributed by atoms with Gasteiger partial charge < -0.3 is 19.2 Å². The summed E-state index contributed by atoms with van der Waals surface area (Å²) in [5.41, 5.74) is 3.17. The molecule has 37 heavy (non-hydrogen) atoms. The smallest absolute Gasteiger partial charge is 0.324 e. The van der Waals surface area contributed by atoms with Gasteiger partial charge in [0.25, 0.3) is 5.79 Å². The highest BCUT2D eigenvalue weighted by atomic mass is 79.9. The number of nitrogens with one attached hydrogen (secondary N) is 1. The van der Waals surface area contributed by atoms with E-state index in [1.807, 2.05) is 48.7 Å². The number of carbonyl (C=O) groups excluding carboxylic acids is 2. The van der Waals surface area contributed by atoms with E-state index in [4.69, 9.17) is 37.4 Å². The molecule has 0 radical (unpaired) electrons. The summed E-state index contributed by atoms with van der Waals surface area (Å²) in [6.07, 6.45) is 1.82. The predicted molar refractivity (Wildman–Crippen MR) is 145 cm³/mol. The van der Waals surface area contributed by atoms with E-state index in [9.17, 15) is 9.59 Å². The number of fused-ring (bicyclic) bond motifs is 1. The minimum Gasteiger partial charge on any atom is -0.488 e. The number of benzene rings is 3. The zero-order chi connectivity index (χ0) is 26.3. The van der Waals surface area contributed by atoms with Crippen molar-refractivity contribution in [2.75, 3.05) is 0 Å². The van der Waals surface area contributed by atoms with E-state index in [-0.39, 0.29) is 6.61 Å². The second-order valence-corrected chi connectivity index (χ2v) is 10.9. The van der Waals surface area contributed by atoms with Crippen LogP contribution in [0.5, 0.6) is 5.75 Å². The van der Waals surface area contributed by atoms with Crippen molar-refractivity contribution in [2.45, 2.75) is 32.2 Å². The molecule has 1 N–H and O–H groups in total. The first kappa shape index (κ1) is 25.6. The largest absolute Gasteiger partial charge is 0.488 e. The van der Waals surface area contributed by atoms with Crippen LogP contribution in [0, 0.1) is 5.92 Å². The molecule has 3 aromatic carbocycles. The van der Waals surface area contributed by atoms with Gasteiger partial charge >= 0.3 is 11.9 Å². The monoisotopic (exact) mass is 601 g/mol. The van der Waals surface area contributed by atoms with Gasteiger partial charge in [0.2, 0.25) is 0 Å². The molecule has 190 valence electrons. The van der Waals surface area contributed by atoms with Crippen molar-refractivity contribution in [1.29, 1.82) is 0 Å². The molecular weight excluding hydrogens is 581 g/mol. The van der Waals surface area contributed by atoms with Crippen molar-refractivity contribution in [1.82, 2.24) is 4.98 Å². The topological polar surface area (TPSA) is 77.6 Å². The highest BCUT2D eigenvalue weighted by Gasteiger charge is 2.48. The SMILES string of the molecule is CC1(C)OC(=O)C([C@@H](c2ccc(OCc3ccc(Cl)cc3Cl)c(Br)c2)c2c[nH]c3ccccc23)C(=O)O1. The number of hydrogen-bond acceptors (Lipinski definition) is 5. The molecule has 2 heterocycles. The number of H-pyrrole nitrogens is 1.